The van der Waals surface area contributed by atoms with Crippen molar-refractivity contribution in [3.8, 4) is 5.75 Å². The van der Waals surface area contributed by atoms with Crippen LogP contribution in [0.25, 0.3) is 0 Å². The third kappa shape index (κ3) is 3.97. The molecule has 0 aliphatic carbocycles. The third-order valence-electron chi connectivity index (χ3n) is 3.93. The molecule has 21 heavy (non-hydrogen) atoms. The van der Waals surface area contributed by atoms with Gasteiger partial charge in [-0.25, -0.2) is 0 Å². The van der Waals surface area contributed by atoms with E-state index in [1.807, 2.05) is 29.2 Å². The molecule has 1 aromatic rings. The van der Waals surface area contributed by atoms with Crippen molar-refractivity contribution in [1.29, 1.82) is 0 Å². The Morgan fingerprint density at radius 3 is 2.90 bits per heavy atom. The number of hydrogen-bond acceptors (Lipinski definition) is 3. The highest BCUT2D eigenvalue weighted by atomic mass is 16.5. The highest BCUT2D eigenvalue weighted by Gasteiger charge is 2.30. The van der Waals surface area contributed by atoms with Crippen molar-refractivity contribution >= 4 is 5.91 Å². The normalized spacial score (nSPS) is 22.4. The Morgan fingerprint density at radius 1 is 1.48 bits per heavy atom. The van der Waals surface area contributed by atoms with Gasteiger partial charge in [0.1, 0.15) is 5.75 Å². The number of carbonyl (C=O) groups is 1. The van der Waals surface area contributed by atoms with E-state index in [4.69, 9.17) is 4.74 Å². The SMILES string of the molecule is COc1cccc(C(=O)N2CC(C)NCC2CC(C)C)c1. The Hall–Kier alpha value is -1.55. The number of methoxy groups -OCH3 is 1. The number of amides is 1. The number of carbonyl (C=O) groups excluding carboxylic acids is 1. The van der Waals surface area contributed by atoms with Crippen LogP contribution >= 0.6 is 0 Å². The standard InChI is InChI=1S/C17H26N2O2/c1-12(2)8-15-10-18-13(3)11-19(15)17(20)14-6-5-7-16(9-14)21-4/h5-7,9,12-13,15,18H,8,10-11H2,1-4H3. The van der Waals surface area contributed by atoms with Crippen molar-refractivity contribution in [2.24, 2.45) is 5.92 Å². The number of nitrogens with one attached hydrogen (secondary N) is 1. The number of piperazine rings is 1. The molecule has 2 atom stereocenters. The van der Waals surface area contributed by atoms with Crippen LogP contribution in [0.15, 0.2) is 24.3 Å². The lowest BCUT2D eigenvalue weighted by molar-refractivity contribution is 0.0563. The van der Waals surface area contributed by atoms with E-state index in [0.717, 1.165) is 25.3 Å². The average molecular weight is 290 g/mol. The summed E-state index contributed by atoms with van der Waals surface area (Å²) >= 11 is 0. The number of rotatable bonds is 4. The molecule has 0 bridgehead atoms. The van der Waals surface area contributed by atoms with Gasteiger partial charge < -0.3 is 15.0 Å². The summed E-state index contributed by atoms with van der Waals surface area (Å²) in [5.74, 6) is 1.41. The number of benzene rings is 1. The minimum absolute atomic E-state index is 0.105. The summed E-state index contributed by atoms with van der Waals surface area (Å²) < 4.78 is 5.22. The smallest absolute Gasteiger partial charge is 0.254 e. The number of hydrogen-bond donors (Lipinski definition) is 1. The summed E-state index contributed by atoms with van der Waals surface area (Å²) in [7, 11) is 1.62. The second kappa shape index (κ2) is 6.94. The molecule has 4 nitrogen and oxygen atoms in total. The van der Waals surface area contributed by atoms with Gasteiger partial charge in [0.2, 0.25) is 0 Å². The maximum atomic E-state index is 12.8. The Kier molecular flexibility index (Phi) is 5.23. The van der Waals surface area contributed by atoms with Gasteiger partial charge in [-0.15, -0.1) is 0 Å². The van der Waals surface area contributed by atoms with Gasteiger partial charge in [0.05, 0.1) is 7.11 Å². The monoisotopic (exact) mass is 290 g/mol. The lowest BCUT2D eigenvalue weighted by Crippen LogP contribution is -2.57. The summed E-state index contributed by atoms with van der Waals surface area (Å²) in [4.78, 5) is 14.9. The fourth-order valence-electron chi connectivity index (χ4n) is 2.88. The zero-order valence-electron chi connectivity index (χ0n) is 13.4. The van der Waals surface area contributed by atoms with Crippen LogP contribution in [-0.4, -0.2) is 43.1 Å². The number of ether oxygens (including phenoxy) is 1. The summed E-state index contributed by atoms with van der Waals surface area (Å²) in [6.07, 6.45) is 1.02. The molecule has 0 aromatic heterocycles. The maximum absolute atomic E-state index is 12.8. The summed E-state index contributed by atoms with van der Waals surface area (Å²) in [5.41, 5.74) is 0.706. The number of nitrogens with zero attached hydrogens (tertiary/aromatic N) is 1. The minimum Gasteiger partial charge on any atom is -0.497 e. The molecule has 116 valence electrons. The summed E-state index contributed by atoms with van der Waals surface area (Å²) in [6.45, 7) is 8.15. The van der Waals surface area contributed by atoms with Crippen molar-refractivity contribution in [3.63, 3.8) is 0 Å². The first-order valence-corrected chi connectivity index (χ1v) is 7.69. The molecule has 1 heterocycles. The molecule has 4 heteroatoms. The van der Waals surface area contributed by atoms with Gasteiger partial charge in [0, 0.05) is 30.7 Å². The molecule has 1 aromatic carbocycles. The van der Waals surface area contributed by atoms with Gasteiger partial charge in [0.15, 0.2) is 0 Å². The van der Waals surface area contributed by atoms with E-state index in [0.29, 0.717) is 17.5 Å². The highest BCUT2D eigenvalue weighted by Crippen LogP contribution is 2.20. The summed E-state index contributed by atoms with van der Waals surface area (Å²) in [5, 5.41) is 3.48. The molecule has 2 unspecified atom stereocenters. The van der Waals surface area contributed by atoms with Crippen molar-refractivity contribution < 1.29 is 9.53 Å². The molecule has 0 spiro atoms. The van der Waals surface area contributed by atoms with Crippen LogP contribution in [0.3, 0.4) is 0 Å². The molecule has 1 saturated heterocycles. The topological polar surface area (TPSA) is 41.6 Å². The van der Waals surface area contributed by atoms with E-state index in [2.05, 4.69) is 26.1 Å². The second-order valence-electron chi connectivity index (χ2n) is 6.28. The van der Waals surface area contributed by atoms with Crippen LogP contribution in [0.1, 0.15) is 37.6 Å². The molecule has 1 amide bonds. The van der Waals surface area contributed by atoms with Crippen LogP contribution < -0.4 is 10.1 Å². The van der Waals surface area contributed by atoms with Crippen LogP contribution in [0.5, 0.6) is 5.75 Å². The van der Waals surface area contributed by atoms with Gasteiger partial charge in [-0.1, -0.05) is 19.9 Å². The lowest BCUT2D eigenvalue weighted by atomic mass is 9.98. The van der Waals surface area contributed by atoms with E-state index in [9.17, 15) is 4.79 Å². The largest absolute Gasteiger partial charge is 0.497 e. The van der Waals surface area contributed by atoms with Gasteiger partial charge in [-0.05, 0) is 37.5 Å². The Labute approximate surface area is 127 Å². The van der Waals surface area contributed by atoms with Crippen molar-refractivity contribution in [2.75, 3.05) is 20.2 Å². The lowest BCUT2D eigenvalue weighted by Gasteiger charge is -2.40. The molecule has 1 N–H and O–H groups in total. The highest BCUT2D eigenvalue weighted by molar-refractivity contribution is 5.95. The molecular weight excluding hydrogens is 264 g/mol. The van der Waals surface area contributed by atoms with E-state index in [-0.39, 0.29) is 11.9 Å². The van der Waals surface area contributed by atoms with Gasteiger partial charge in [-0.2, -0.15) is 0 Å². The first-order valence-electron chi connectivity index (χ1n) is 7.69. The second-order valence-corrected chi connectivity index (χ2v) is 6.28. The predicted octanol–water partition coefficient (Wildman–Crippen LogP) is 2.54. The fraction of sp³-hybridized carbons (Fsp3) is 0.588. The van der Waals surface area contributed by atoms with Gasteiger partial charge >= 0.3 is 0 Å². The van der Waals surface area contributed by atoms with E-state index in [1.165, 1.54) is 0 Å². The zero-order chi connectivity index (χ0) is 15.4. The molecule has 1 fully saturated rings. The summed E-state index contributed by atoms with van der Waals surface area (Å²) in [6, 6.07) is 8.02. The molecule has 1 aliphatic rings. The Bertz CT molecular complexity index is 487. The van der Waals surface area contributed by atoms with Crippen LogP contribution in [0.4, 0.5) is 0 Å². The zero-order valence-corrected chi connectivity index (χ0v) is 13.4. The predicted molar refractivity (Wildman–Crippen MR) is 84.7 cm³/mol. The van der Waals surface area contributed by atoms with E-state index in [1.54, 1.807) is 7.11 Å². The minimum atomic E-state index is 0.105. The van der Waals surface area contributed by atoms with Crippen LogP contribution in [0, 0.1) is 5.92 Å². The van der Waals surface area contributed by atoms with Crippen LogP contribution in [0.2, 0.25) is 0 Å². The third-order valence-corrected chi connectivity index (χ3v) is 3.93. The van der Waals surface area contributed by atoms with Crippen molar-refractivity contribution in [3.05, 3.63) is 29.8 Å². The first-order chi connectivity index (χ1) is 10.0. The van der Waals surface area contributed by atoms with Gasteiger partial charge in [0.25, 0.3) is 5.91 Å². The van der Waals surface area contributed by atoms with Crippen molar-refractivity contribution in [1.82, 2.24) is 10.2 Å². The van der Waals surface area contributed by atoms with E-state index < -0.39 is 0 Å². The molecular formula is C17H26N2O2. The Morgan fingerprint density at radius 2 is 2.24 bits per heavy atom. The molecule has 1 aliphatic heterocycles. The fourth-order valence-corrected chi connectivity index (χ4v) is 2.88. The molecule has 0 saturated carbocycles. The van der Waals surface area contributed by atoms with Crippen LogP contribution in [-0.2, 0) is 0 Å². The molecule has 2 rings (SSSR count). The quantitative estimate of drug-likeness (QED) is 0.926. The Balaban J connectivity index is 2.19. The maximum Gasteiger partial charge on any atom is 0.254 e. The van der Waals surface area contributed by atoms with E-state index >= 15 is 0 Å². The van der Waals surface area contributed by atoms with Gasteiger partial charge in [-0.3, -0.25) is 4.79 Å². The average Bonchev–Trinajstić information content (AvgIpc) is 2.48. The van der Waals surface area contributed by atoms with Crippen molar-refractivity contribution in [2.45, 2.75) is 39.3 Å². The first kappa shape index (κ1) is 15.8. The molecule has 0 radical (unpaired) electrons.